The minimum absolute atomic E-state index is 0.0834. The summed E-state index contributed by atoms with van der Waals surface area (Å²) < 4.78 is 0. The SMILES string of the molecule is Cc1ccc(C)c(CC(O)C(O)C(C)C)c1. The van der Waals surface area contributed by atoms with Crippen LogP contribution in [0, 0.1) is 19.8 Å². The monoisotopic (exact) mass is 222 g/mol. The second kappa shape index (κ2) is 5.46. The van der Waals surface area contributed by atoms with Crippen LogP contribution >= 0.6 is 0 Å². The van der Waals surface area contributed by atoms with Crippen molar-refractivity contribution in [2.45, 2.75) is 46.3 Å². The first-order valence-corrected chi connectivity index (χ1v) is 5.84. The number of aliphatic hydroxyl groups excluding tert-OH is 2. The van der Waals surface area contributed by atoms with E-state index in [0.717, 1.165) is 5.56 Å². The van der Waals surface area contributed by atoms with Crippen molar-refractivity contribution < 1.29 is 10.2 Å². The quantitative estimate of drug-likeness (QED) is 0.820. The van der Waals surface area contributed by atoms with Gasteiger partial charge < -0.3 is 10.2 Å². The molecule has 0 aliphatic carbocycles. The Labute approximate surface area is 97.9 Å². The van der Waals surface area contributed by atoms with Crippen LogP contribution in [0.1, 0.15) is 30.5 Å². The van der Waals surface area contributed by atoms with Crippen LogP contribution < -0.4 is 0 Å². The molecule has 0 fully saturated rings. The molecule has 2 unspecified atom stereocenters. The van der Waals surface area contributed by atoms with Crippen LogP contribution in [0.25, 0.3) is 0 Å². The highest BCUT2D eigenvalue weighted by atomic mass is 16.3. The van der Waals surface area contributed by atoms with Gasteiger partial charge in [-0.15, -0.1) is 0 Å². The topological polar surface area (TPSA) is 40.5 Å². The van der Waals surface area contributed by atoms with Gasteiger partial charge in [0.15, 0.2) is 0 Å². The summed E-state index contributed by atoms with van der Waals surface area (Å²) >= 11 is 0. The molecule has 0 spiro atoms. The van der Waals surface area contributed by atoms with Crippen LogP contribution in [0.3, 0.4) is 0 Å². The molecule has 2 N–H and O–H groups in total. The first-order chi connectivity index (χ1) is 7.41. The maximum atomic E-state index is 9.91. The molecule has 0 radical (unpaired) electrons. The second-order valence-electron chi connectivity index (χ2n) is 4.94. The van der Waals surface area contributed by atoms with E-state index in [0.29, 0.717) is 6.42 Å². The third-order valence-electron chi connectivity index (χ3n) is 3.01. The van der Waals surface area contributed by atoms with E-state index >= 15 is 0 Å². The summed E-state index contributed by atoms with van der Waals surface area (Å²) in [7, 11) is 0. The molecule has 0 saturated carbocycles. The second-order valence-corrected chi connectivity index (χ2v) is 4.94. The summed E-state index contributed by atoms with van der Waals surface area (Å²) in [6.07, 6.45) is -0.812. The summed E-state index contributed by atoms with van der Waals surface area (Å²) in [5.41, 5.74) is 3.47. The van der Waals surface area contributed by atoms with E-state index in [1.165, 1.54) is 11.1 Å². The molecule has 0 bridgehead atoms. The standard InChI is InChI=1S/C14H22O2/c1-9(2)14(16)13(15)8-12-7-10(3)5-6-11(12)4/h5-7,9,13-16H,8H2,1-4H3. The van der Waals surface area contributed by atoms with Crippen molar-refractivity contribution in [1.29, 1.82) is 0 Å². The minimum atomic E-state index is -0.680. The predicted molar refractivity (Wildman–Crippen MR) is 66.5 cm³/mol. The van der Waals surface area contributed by atoms with Gasteiger partial charge in [0.25, 0.3) is 0 Å². The highest BCUT2D eigenvalue weighted by molar-refractivity contribution is 5.31. The van der Waals surface area contributed by atoms with Gasteiger partial charge in [0.2, 0.25) is 0 Å². The Morgan fingerprint density at radius 1 is 1.12 bits per heavy atom. The summed E-state index contributed by atoms with van der Waals surface area (Å²) in [6, 6.07) is 6.19. The van der Waals surface area contributed by atoms with Crippen molar-refractivity contribution >= 4 is 0 Å². The Hall–Kier alpha value is -0.860. The van der Waals surface area contributed by atoms with E-state index in [1.807, 2.05) is 27.7 Å². The number of aryl methyl sites for hydroxylation is 2. The lowest BCUT2D eigenvalue weighted by Crippen LogP contribution is -2.32. The van der Waals surface area contributed by atoms with E-state index in [2.05, 4.69) is 18.2 Å². The zero-order chi connectivity index (χ0) is 12.3. The fourth-order valence-electron chi connectivity index (χ4n) is 1.81. The molecule has 2 nitrogen and oxygen atoms in total. The summed E-state index contributed by atoms with van der Waals surface area (Å²) in [5.74, 6) is 0.0834. The lowest BCUT2D eigenvalue weighted by molar-refractivity contribution is -0.00738. The molecule has 0 saturated heterocycles. The number of benzene rings is 1. The molecule has 0 amide bonds. The molecule has 2 atom stereocenters. The fourth-order valence-corrected chi connectivity index (χ4v) is 1.81. The highest BCUT2D eigenvalue weighted by Crippen LogP contribution is 2.16. The molecular formula is C14H22O2. The molecule has 90 valence electrons. The third-order valence-corrected chi connectivity index (χ3v) is 3.01. The largest absolute Gasteiger partial charge is 0.390 e. The molecule has 16 heavy (non-hydrogen) atoms. The van der Waals surface area contributed by atoms with Gasteiger partial charge in [-0.05, 0) is 30.9 Å². The normalized spacial score (nSPS) is 15.2. The Morgan fingerprint density at radius 2 is 1.75 bits per heavy atom. The summed E-state index contributed by atoms with van der Waals surface area (Å²) in [6.45, 7) is 7.89. The van der Waals surface area contributed by atoms with Crippen LogP contribution in [-0.4, -0.2) is 22.4 Å². The first kappa shape index (κ1) is 13.2. The number of hydrogen-bond donors (Lipinski definition) is 2. The molecule has 2 heteroatoms. The van der Waals surface area contributed by atoms with E-state index in [-0.39, 0.29) is 5.92 Å². The van der Waals surface area contributed by atoms with Crippen molar-refractivity contribution in [3.63, 3.8) is 0 Å². The van der Waals surface area contributed by atoms with Crippen LogP contribution in [-0.2, 0) is 6.42 Å². The van der Waals surface area contributed by atoms with Crippen molar-refractivity contribution in [2.75, 3.05) is 0 Å². The smallest absolute Gasteiger partial charge is 0.0841 e. The van der Waals surface area contributed by atoms with Gasteiger partial charge in [0.05, 0.1) is 12.2 Å². The minimum Gasteiger partial charge on any atom is -0.390 e. The first-order valence-electron chi connectivity index (χ1n) is 5.84. The number of rotatable bonds is 4. The maximum absolute atomic E-state index is 9.91. The van der Waals surface area contributed by atoms with Gasteiger partial charge in [-0.2, -0.15) is 0 Å². The van der Waals surface area contributed by atoms with Gasteiger partial charge in [0, 0.05) is 6.42 Å². The van der Waals surface area contributed by atoms with E-state index in [9.17, 15) is 10.2 Å². The molecule has 1 aromatic carbocycles. The third kappa shape index (κ3) is 3.32. The zero-order valence-electron chi connectivity index (χ0n) is 10.6. The number of hydrogen-bond acceptors (Lipinski definition) is 2. The lowest BCUT2D eigenvalue weighted by Gasteiger charge is -2.21. The summed E-state index contributed by atoms with van der Waals surface area (Å²) in [4.78, 5) is 0. The lowest BCUT2D eigenvalue weighted by atomic mass is 9.94. The molecule has 1 rings (SSSR count). The molecule has 0 aliphatic rings. The molecule has 0 aromatic heterocycles. The molecule has 0 aliphatic heterocycles. The van der Waals surface area contributed by atoms with Crippen molar-refractivity contribution in [3.05, 3.63) is 34.9 Å². The van der Waals surface area contributed by atoms with Gasteiger partial charge in [-0.25, -0.2) is 0 Å². The van der Waals surface area contributed by atoms with Crippen LogP contribution in [0.4, 0.5) is 0 Å². The Balaban J connectivity index is 2.76. The average Bonchev–Trinajstić information content (AvgIpc) is 2.22. The highest BCUT2D eigenvalue weighted by Gasteiger charge is 2.20. The van der Waals surface area contributed by atoms with Crippen molar-refractivity contribution in [3.8, 4) is 0 Å². The van der Waals surface area contributed by atoms with Crippen LogP contribution in [0.2, 0.25) is 0 Å². The van der Waals surface area contributed by atoms with Crippen molar-refractivity contribution in [1.82, 2.24) is 0 Å². The van der Waals surface area contributed by atoms with Gasteiger partial charge in [0.1, 0.15) is 0 Å². The predicted octanol–water partition coefficient (Wildman–Crippen LogP) is 2.22. The van der Waals surface area contributed by atoms with Gasteiger partial charge >= 0.3 is 0 Å². The fraction of sp³-hybridized carbons (Fsp3) is 0.571. The number of aliphatic hydroxyl groups is 2. The maximum Gasteiger partial charge on any atom is 0.0841 e. The van der Waals surface area contributed by atoms with Gasteiger partial charge in [-0.1, -0.05) is 37.6 Å². The summed E-state index contributed by atoms with van der Waals surface area (Å²) in [5, 5.41) is 19.7. The van der Waals surface area contributed by atoms with E-state index in [4.69, 9.17) is 0 Å². The van der Waals surface area contributed by atoms with E-state index < -0.39 is 12.2 Å². The average molecular weight is 222 g/mol. The van der Waals surface area contributed by atoms with Gasteiger partial charge in [-0.3, -0.25) is 0 Å². The van der Waals surface area contributed by atoms with Crippen LogP contribution in [0.15, 0.2) is 18.2 Å². The van der Waals surface area contributed by atoms with E-state index in [1.54, 1.807) is 0 Å². The zero-order valence-corrected chi connectivity index (χ0v) is 10.6. The Morgan fingerprint density at radius 3 is 2.31 bits per heavy atom. The Bertz CT molecular complexity index is 345. The molecule has 0 heterocycles. The molecular weight excluding hydrogens is 200 g/mol. The van der Waals surface area contributed by atoms with Crippen LogP contribution in [0.5, 0.6) is 0 Å². The Kier molecular flexibility index (Phi) is 4.51. The molecule has 1 aromatic rings. The van der Waals surface area contributed by atoms with Crippen molar-refractivity contribution in [2.24, 2.45) is 5.92 Å².